The van der Waals surface area contributed by atoms with Crippen LogP contribution >= 0.6 is 0 Å². The molecule has 0 atom stereocenters. The third-order valence-electron chi connectivity index (χ3n) is 2.25. The van der Waals surface area contributed by atoms with Gasteiger partial charge in [0.05, 0.1) is 12.2 Å². The van der Waals surface area contributed by atoms with E-state index in [-0.39, 0.29) is 25.2 Å². The van der Waals surface area contributed by atoms with Crippen molar-refractivity contribution in [2.45, 2.75) is 25.6 Å². The molecule has 18 heavy (non-hydrogen) atoms. The minimum absolute atomic E-state index is 0.000328. The summed E-state index contributed by atoms with van der Waals surface area (Å²) in [5.74, 6) is -1.08. The molecule has 0 aliphatic heterocycles. The Bertz CT molecular complexity index is 402. The maximum atomic E-state index is 11.8. The van der Waals surface area contributed by atoms with E-state index >= 15 is 0 Å². The van der Waals surface area contributed by atoms with Crippen LogP contribution in [-0.2, 0) is 11.3 Å². The number of aromatic carboxylic acids is 1. The molecule has 0 amide bonds. The number of hydrogen-bond acceptors (Lipinski definition) is 2. The molecule has 0 aromatic heterocycles. The van der Waals surface area contributed by atoms with Gasteiger partial charge in [-0.05, 0) is 18.1 Å². The summed E-state index contributed by atoms with van der Waals surface area (Å²) in [5, 5.41) is 8.87. The standard InChI is InChI=1S/C12H13F3O3/c13-12(14,15)6-3-7-18-8-9-4-1-2-5-10(9)11(16)17/h1-2,4-5H,3,6-8H2,(H,16,17). The minimum Gasteiger partial charge on any atom is -0.478 e. The van der Waals surface area contributed by atoms with Crippen molar-refractivity contribution in [3.8, 4) is 0 Å². The summed E-state index contributed by atoms with van der Waals surface area (Å²) in [5.41, 5.74) is 0.560. The lowest BCUT2D eigenvalue weighted by atomic mass is 10.1. The van der Waals surface area contributed by atoms with E-state index in [0.717, 1.165) is 0 Å². The zero-order valence-corrected chi connectivity index (χ0v) is 9.54. The van der Waals surface area contributed by atoms with Gasteiger partial charge in [0.2, 0.25) is 0 Å². The average Bonchev–Trinajstić information content (AvgIpc) is 2.27. The lowest BCUT2D eigenvalue weighted by molar-refractivity contribution is -0.138. The summed E-state index contributed by atoms with van der Waals surface area (Å²) in [7, 11) is 0. The van der Waals surface area contributed by atoms with Crippen molar-refractivity contribution in [2.75, 3.05) is 6.61 Å². The highest BCUT2D eigenvalue weighted by molar-refractivity contribution is 5.89. The molecule has 3 nitrogen and oxygen atoms in total. The zero-order chi connectivity index (χ0) is 13.6. The molecular formula is C12H13F3O3. The van der Waals surface area contributed by atoms with Gasteiger partial charge in [0, 0.05) is 13.0 Å². The number of carboxylic acids is 1. The Labute approximate surface area is 102 Å². The fraction of sp³-hybridized carbons (Fsp3) is 0.417. The first-order valence-electron chi connectivity index (χ1n) is 5.36. The monoisotopic (exact) mass is 262 g/mol. The Morgan fingerprint density at radius 3 is 2.56 bits per heavy atom. The Kier molecular flexibility index (Phi) is 5.15. The van der Waals surface area contributed by atoms with E-state index < -0.39 is 18.6 Å². The fourth-order valence-electron chi connectivity index (χ4n) is 1.41. The number of ether oxygens (including phenoxy) is 1. The first-order chi connectivity index (χ1) is 8.40. The van der Waals surface area contributed by atoms with Gasteiger partial charge in [-0.25, -0.2) is 4.79 Å². The van der Waals surface area contributed by atoms with Gasteiger partial charge in [0.15, 0.2) is 0 Å². The Morgan fingerprint density at radius 1 is 1.28 bits per heavy atom. The topological polar surface area (TPSA) is 46.5 Å². The van der Waals surface area contributed by atoms with Crippen molar-refractivity contribution in [1.29, 1.82) is 0 Å². The quantitative estimate of drug-likeness (QED) is 0.800. The molecule has 0 aliphatic rings. The zero-order valence-electron chi connectivity index (χ0n) is 9.54. The van der Waals surface area contributed by atoms with E-state index in [4.69, 9.17) is 9.84 Å². The number of alkyl halides is 3. The van der Waals surface area contributed by atoms with Crippen LogP contribution in [0.3, 0.4) is 0 Å². The van der Waals surface area contributed by atoms with Crippen LogP contribution in [0.1, 0.15) is 28.8 Å². The SMILES string of the molecule is O=C(O)c1ccccc1COCCCC(F)(F)F. The van der Waals surface area contributed by atoms with E-state index in [1.165, 1.54) is 6.07 Å². The lowest BCUT2D eigenvalue weighted by Gasteiger charge is -2.08. The number of halogens is 3. The van der Waals surface area contributed by atoms with Crippen LogP contribution in [-0.4, -0.2) is 23.9 Å². The van der Waals surface area contributed by atoms with E-state index in [0.29, 0.717) is 5.56 Å². The number of carbonyl (C=O) groups is 1. The number of hydrogen-bond donors (Lipinski definition) is 1. The van der Waals surface area contributed by atoms with E-state index in [2.05, 4.69) is 0 Å². The summed E-state index contributed by atoms with van der Waals surface area (Å²) in [6.45, 7) is -0.0478. The van der Waals surface area contributed by atoms with Crippen LogP contribution in [0.2, 0.25) is 0 Å². The summed E-state index contributed by atoms with van der Waals surface area (Å²) >= 11 is 0. The van der Waals surface area contributed by atoms with Crippen LogP contribution in [0.5, 0.6) is 0 Å². The highest BCUT2D eigenvalue weighted by Gasteiger charge is 2.25. The Morgan fingerprint density at radius 2 is 1.94 bits per heavy atom. The van der Waals surface area contributed by atoms with Gasteiger partial charge in [-0.15, -0.1) is 0 Å². The smallest absolute Gasteiger partial charge is 0.389 e. The molecule has 0 saturated carbocycles. The highest BCUT2D eigenvalue weighted by atomic mass is 19.4. The van der Waals surface area contributed by atoms with Gasteiger partial charge in [-0.3, -0.25) is 0 Å². The predicted octanol–water partition coefficient (Wildman–Crippen LogP) is 3.24. The van der Waals surface area contributed by atoms with Gasteiger partial charge < -0.3 is 9.84 Å². The van der Waals surface area contributed by atoms with Crippen molar-refractivity contribution in [3.63, 3.8) is 0 Å². The molecule has 0 bridgehead atoms. The first-order valence-corrected chi connectivity index (χ1v) is 5.36. The summed E-state index contributed by atoms with van der Waals surface area (Å²) in [6.07, 6.45) is -5.20. The molecule has 0 aliphatic carbocycles. The molecule has 0 fully saturated rings. The van der Waals surface area contributed by atoms with Crippen LogP contribution in [0.4, 0.5) is 13.2 Å². The van der Waals surface area contributed by atoms with Crippen molar-refractivity contribution in [1.82, 2.24) is 0 Å². The maximum Gasteiger partial charge on any atom is 0.389 e. The van der Waals surface area contributed by atoms with Gasteiger partial charge in [-0.2, -0.15) is 13.2 Å². The molecule has 0 spiro atoms. The largest absolute Gasteiger partial charge is 0.478 e. The van der Waals surface area contributed by atoms with E-state index in [1.54, 1.807) is 18.2 Å². The van der Waals surface area contributed by atoms with Crippen LogP contribution in [0.25, 0.3) is 0 Å². The van der Waals surface area contributed by atoms with Gasteiger partial charge >= 0.3 is 12.1 Å². The van der Waals surface area contributed by atoms with E-state index in [1.807, 2.05) is 0 Å². The summed E-state index contributed by atoms with van der Waals surface area (Å²) in [6, 6.07) is 6.24. The van der Waals surface area contributed by atoms with Crippen molar-refractivity contribution in [2.24, 2.45) is 0 Å². The van der Waals surface area contributed by atoms with Crippen molar-refractivity contribution >= 4 is 5.97 Å². The van der Waals surface area contributed by atoms with Crippen molar-refractivity contribution in [3.05, 3.63) is 35.4 Å². The third-order valence-corrected chi connectivity index (χ3v) is 2.25. The second kappa shape index (κ2) is 6.39. The van der Waals surface area contributed by atoms with Crippen LogP contribution in [0, 0.1) is 0 Å². The molecule has 0 heterocycles. The fourth-order valence-corrected chi connectivity index (χ4v) is 1.41. The second-order valence-electron chi connectivity index (χ2n) is 3.73. The predicted molar refractivity (Wildman–Crippen MR) is 58.3 cm³/mol. The molecule has 0 radical (unpaired) electrons. The Balaban J connectivity index is 2.38. The molecule has 0 saturated heterocycles. The second-order valence-corrected chi connectivity index (χ2v) is 3.73. The molecule has 0 unspecified atom stereocenters. The van der Waals surface area contributed by atoms with E-state index in [9.17, 15) is 18.0 Å². The van der Waals surface area contributed by atoms with Gasteiger partial charge in [0.25, 0.3) is 0 Å². The van der Waals surface area contributed by atoms with Gasteiger partial charge in [0.1, 0.15) is 0 Å². The molecule has 6 heteroatoms. The third kappa shape index (κ3) is 5.18. The van der Waals surface area contributed by atoms with Crippen molar-refractivity contribution < 1.29 is 27.8 Å². The molecule has 1 aromatic carbocycles. The number of carboxylic acid groups (broad SMARTS) is 1. The first kappa shape index (κ1) is 14.5. The number of rotatable bonds is 6. The van der Waals surface area contributed by atoms with Crippen LogP contribution in [0.15, 0.2) is 24.3 Å². The molecule has 100 valence electrons. The minimum atomic E-state index is -4.18. The highest BCUT2D eigenvalue weighted by Crippen LogP contribution is 2.21. The lowest BCUT2D eigenvalue weighted by Crippen LogP contribution is -2.09. The van der Waals surface area contributed by atoms with Crippen LogP contribution < -0.4 is 0 Å². The summed E-state index contributed by atoms with van der Waals surface area (Å²) < 4.78 is 40.6. The normalized spacial score (nSPS) is 11.5. The molecule has 1 aromatic rings. The Hall–Kier alpha value is -1.56. The molecule has 1 rings (SSSR count). The summed E-state index contributed by atoms with van der Waals surface area (Å²) in [4.78, 5) is 10.8. The molecular weight excluding hydrogens is 249 g/mol. The van der Waals surface area contributed by atoms with Gasteiger partial charge in [-0.1, -0.05) is 18.2 Å². The average molecular weight is 262 g/mol. The number of benzene rings is 1. The molecule has 1 N–H and O–H groups in total. The maximum absolute atomic E-state index is 11.8.